The van der Waals surface area contributed by atoms with Crippen molar-refractivity contribution in [3.63, 3.8) is 0 Å². The fourth-order valence-electron chi connectivity index (χ4n) is 3.24. The summed E-state index contributed by atoms with van der Waals surface area (Å²) in [6, 6.07) is 15.3. The number of aryl methyl sites for hydroxylation is 2. The fraction of sp³-hybridized carbons (Fsp3) is 0.417. The summed E-state index contributed by atoms with van der Waals surface area (Å²) < 4.78 is 0. The largest absolute Gasteiger partial charge is 0.355 e. The average Bonchev–Trinajstić information content (AvgIpc) is 2.63. The minimum Gasteiger partial charge on any atom is -0.355 e. The van der Waals surface area contributed by atoms with Crippen LogP contribution in [0.3, 0.4) is 0 Å². The molecule has 0 aromatic heterocycles. The van der Waals surface area contributed by atoms with Gasteiger partial charge in [0.1, 0.15) is 0 Å². The van der Waals surface area contributed by atoms with Crippen molar-refractivity contribution in [2.45, 2.75) is 65.7 Å². The highest BCUT2D eigenvalue weighted by atomic mass is 14.9. The summed E-state index contributed by atoms with van der Waals surface area (Å²) >= 11 is 0. The van der Waals surface area contributed by atoms with Crippen LogP contribution in [0.2, 0.25) is 0 Å². The van der Waals surface area contributed by atoms with Gasteiger partial charge < -0.3 is 5.32 Å². The Labute approximate surface area is 154 Å². The molecule has 1 heteroatoms. The molecule has 0 amide bonds. The summed E-state index contributed by atoms with van der Waals surface area (Å²) in [6.07, 6.45) is 8.92. The number of hydrogen-bond acceptors (Lipinski definition) is 1. The standard InChI is InChI=1S/C24H33N/c1-5-7-8-9-10-12-21-15-17-23(18-16-21)20(4)25-24-14-11-13-22(6-2)19(24)3/h11,13-18,25H,4-10,12H2,1-3H3. The maximum Gasteiger partial charge on any atom is 0.0416 e. The highest BCUT2D eigenvalue weighted by Crippen LogP contribution is 2.24. The highest BCUT2D eigenvalue weighted by molar-refractivity contribution is 5.77. The van der Waals surface area contributed by atoms with Crippen molar-refractivity contribution in [1.29, 1.82) is 0 Å². The molecule has 0 spiro atoms. The van der Waals surface area contributed by atoms with Crippen LogP contribution in [0.25, 0.3) is 5.70 Å². The van der Waals surface area contributed by atoms with Gasteiger partial charge in [0, 0.05) is 11.4 Å². The topological polar surface area (TPSA) is 12.0 Å². The summed E-state index contributed by atoms with van der Waals surface area (Å²) in [7, 11) is 0. The lowest BCUT2D eigenvalue weighted by atomic mass is 10.0. The maximum atomic E-state index is 4.23. The van der Waals surface area contributed by atoms with Gasteiger partial charge in [-0.2, -0.15) is 0 Å². The predicted molar refractivity (Wildman–Crippen MR) is 112 cm³/mol. The molecule has 0 aliphatic heterocycles. The van der Waals surface area contributed by atoms with E-state index in [9.17, 15) is 0 Å². The van der Waals surface area contributed by atoms with Gasteiger partial charge >= 0.3 is 0 Å². The minimum absolute atomic E-state index is 0.964. The van der Waals surface area contributed by atoms with Crippen molar-refractivity contribution in [1.82, 2.24) is 0 Å². The first-order valence-corrected chi connectivity index (χ1v) is 9.79. The molecular weight excluding hydrogens is 302 g/mol. The number of hydrogen-bond donors (Lipinski definition) is 1. The van der Waals surface area contributed by atoms with Gasteiger partial charge in [0.25, 0.3) is 0 Å². The predicted octanol–water partition coefficient (Wildman–Crippen LogP) is 7.15. The van der Waals surface area contributed by atoms with Crippen molar-refractivity contribution in [2.24, 2.45) is 0 Å². The summed E-state index contributed by atoms with van der Waals surface area (Å²) in [5.41, 5.74) is 7.41. The first kappa shape index (κ1) is 19.3. The zero-order chi connectivity index (χ0) is 18.1. The van der Waals surface area contributed by atoms with Gasteiger partial charge in [0.05, 0.1) is 0 Å². The maximum absolute atomic E-state index is 4.23. The number of nitrogens with one attached hydrogen (secondary N) is 1. The summed E-state index contributed by atoms with van der Waals surface area (Å²) in [6.45, 7) is 10.9. The third-order valence-corrected chi connectivity index (χ3v) is 4.98. The second kappa shape index (κ2) is 10.1. The van der Waals surface area contributed by atoms with Crippen LogP contribution in [-0.2, 0) is 12.8 Å². The zero-order valence-corrected chi connectivity index (χ0v) is 16.2. The molecule has 0 aliphatic rings. The average molecular weight is 336 g/mol. The minimum atomic E-state index is 0.964. The third kappa shape index (κ3) is 5.77. The fourth-order valence-corrected chi connectivity index (χ4v) is 3.24. The molecule has 0 atom stereocenters. The van der Waals surface area contributed by atoms with E-state index in [2.05, 4.69) is 75.1 Å². The smallest absolute Gasteiger partial charge is 0.0416 e. The molecule has 2 aromatic rings. The van der Waals surface area contributed by atoms with E-state index in [1.165, 1.54) is 55.2 Å². The summed E-state index contributed by atoms with van der Waals surface area (Å²) in [5.74, 6) is 0. The Morgan fingerprint density at radius 2 is 1.64 bits per heavy atom. The Morgan fingerprint density at radius 1 is 0.920 bits per heavy atom. The van der Waals surface area contributed by atoms with Crippen molar-refractivity contribution in [3.05, 3.63) is 71.3 Å². The molecule has 1 N–H and O–H groups in total. The van der Waals surface area contributed by atoms with Crippen molar-refractivity contribution < 1.29 is 0 Å². The van der Waals surface area contributed by atoms with Gasteiger partial charge in [-0.15, -0.1) is 0 Å². The highest BCUT2D eigenvalue weighted by Gasteiger charge is 2.05. The van der Waals surface area contributed by atoms with E-state index in [-0.39, 0.29) is 0 Å². The molecule has 0 radical (unpaired) electrons. The summed E-state index contributed by atoms with van der Waals surface area (Å²) in [5, 5.41) is 3.49. The number of benzene rings is 2. The van der Waals surface area contributed by atoms with E-state index in [1.807, 2.05) is 0 Å². The quantitative estimate of drug-likeness (QED) is 0.454. The molecule has 0 bridgehead atoms. The lowest BCUT2D eigenvalue weighted by molar-refractivity contribution is 0.632. The van der Waals surface area contributed by atoms with Crippen molar-refractivity contribution >= 4 is 11.4 Å². The van der Waals surface area contributed by atoms with Crippen LogP contribution in [0.4, 0.5) is 5.69 Å². The lowest BCUT2D eigenvalue weighted by Gasteiger charge is -2.15. The van der Waals surface area contributed by atoms with Gasteiger partial charge in [0.2, 0.25) is 0 Å². The van der Waals surface area contributed by atoms with Gasteiger partial charge in [-0.05, 0) is 54.5 Å². The molecule has 0 fully saturated rings. The molecule has 0 saturated heterocycles. The number of unbranched alkanes of at least 4 members (excludes halogenated alkanes) is 4. The Balaban J connectivity index is 1.92. The van der Waals surface area contributed by atoms with Crippen LogP contribution >= 0.6 is 0 Å². The van der Waals surface area contributed by atoms with Crippen LogP contribution < -0.4 is 5.32 Å². The molecule has 134 valence electrons. The zero-order valence-electron chi connectivity index (χ0n) is 16.2. The third-order valence-electron chi connectivity index (χ3n) is 4.98. The normalized spacial score (nSPS) is 10.7. The molecular formula is C24H33N. The molecule has 1 nitrogen and oxygen atoms in total. The molecule has 0 saturated carbocycles. The van der Waals surface area contributed by atoms with Crippen molar-refractivity contribution in [2.75, 3.05) is 5.32 Å². The van der Waals surface area contributed by atoms with E-state index in [0.717, 1.165) is 23.4 Å². The van der Waals surface area contributed by atoms with Gasteiger partial charge in [-0.25, -0.2) is 0 Å². The van der Waals surface area contributed by atoms with E-state index >= 15 is 0 Å². The number of rotatable bonds is 10. The molecule has 0 heterocycles. The Bertz CT molecular complexity index is 667. The first-order chi connectivity index (χ1) is 12.2. The Hall–Kier alpha value is -2.02. The Morgan fingerprint density at radius 3 is 2.32 bits per heavy atom. The SMILES string of the molecule is C=C(Nc1cccc(CC)c1C)c1ccc(CCCCCCC)cc1. The van der Waals surface area contributed by atoms with Gasteiger partial charge in [-0.1, -0.05) is 82.5 Å². The van der Waals surface area contributed by atoms with Crippen LogP contribution in [0.5, 0.6) is 0 Å². The van der Waals surface area contributed by atoms with Crippen LogP contribution in [0, 0.1) is 6.92 Å². The lowest BCUT2D eigenvalue weighted by Crippen LogP contribution is -2.01. The molecule has 25 heavy (non-hydrogen) atoms. The van der Waals surface area contributed by atoms with Crippen molar-refractivity contribution in [3.8, 4) is 0 Å². The van der Waals surface area contributed by atoms with E-state index in [4.69, 9.17) is 0 Å². The van der Waals surface area contributed by atoms with Gasteiger partial charge in [0.15, 0.2) is 0 Å². The second-order valence-corrected chi connectivity index (χ2v) is 6.91. The molecule has 2 aromatic carbocycles. The summed E-state index contributed by atoms with van der Waals surface area (Å²) in [4.78, 5) is 0. The van der Waals surface area contributed by atoms with E-state index in [0.29, 0.717) is 0 Å². The van der Waals surface area contributed by atoms with Crippen LogP contribution in [0.1, 0.15) is 68.2 Å². The van der Waals surface area contributed by atoms with Crippen LogP contribution in [0.15, 0.2) is 49.0 Å². The Kier molecular flexibility index (Phi) is 7.78. The van der Waals surface area contributed by atoms with Crippen LogP contribution in [-0.4, -0.2) is 0 Å². The molecule has 0 unspecified atom stereocenters. The van der Waals surface area contributed by atoms with Gasteiger partial charge in [-0.3, -0.25) is 0 Å². The second-order valence-electron chi connectivity index (χ2n) is 6.91. The number of anilines is 1. The monoisotopic (exact) mass is 335 g/mol. The first-order valence-electron chi connectivity index (χ1n) is 9.79. The van der Waals surface area contributed by atoms with E-state index < -0.39 is 0 Å². The molecule has 0 aliphatic carbocycles. The van der Waals surface area contributed by atoms with E-state index in [1.54, 1.807) is 0 Å². The molecule has 2 rings (SSSR count).